The summed E-state index contributed by atoms with van der Waals surface area (Å²) in [7, 11) is 0. The van der Waals surface area contributed by atoms with Gasteiger partial charge in [-0.25, -0.2) is 0 Å². The van der Waals surface area contributed by atoms with Gasteiger partial charge in [0.15, 0.2) is 0 Å². The van der Waals surface area contributed by atoms with Crippen LogP contribution in [0.4, 0.5) is 0 Å². The first-order valence-corrected chi connectivity index (χ1v) is 8.25. The quantitative estimate of drug-likeness (QED) is 0.623. The van der Waals surface area contributed by atoms with Gasteiger partial charge in [0, 0.05) is 16.0 Å². The average molecular weight is 373 g/mol. The normalized spacial score (nSPS) is 13.4. The van der Waals surface area contributed by atoms with Crippen molar-refractivity contribution in [2.24, 2.45) is 5.92 Å². The molecule has 1 N–H and O–H groups in total. The van der Waals surface area contributed by atoms with E-state index in [1.807, 2.05) is 24.3 Å². The maximum Gasteiger partial charge on any atom is 0.251 e. The molecule has 0 aliphatic heterocycles. The molecule has 0 spiro atoms. The Morgan fingerprint density at radius 3 is 2.11 bits per heavy atom. The standard InChI is InChI=1S/C16H24INO/c1-11(2)14(10-17)18-15(19)12-6-8-13(9-7-12)16(3,4)5/h6-9,11,14H,10H2,1-5H3,(H,18,19). The molecule has 1 atom stereocenters. The fourth-order valence-electron chi connectivity index (χ4n) is 1.76. The van der Waals surface area contributed by atoms with Crippen molar-refractivity contribution in [3.63, 3.8) is 0 Å². The number of benzene rings is 1. The Labute approximate surface area is 130 Å². The predicted octanol–water partition coefficient (Wildman–Crippen LogP) is 4.17. The zero-order valence-electron chi connectivity index (χ0n) is 12.5. The van der Waals surface area contributed by atoms with E-state index in [2.05, 4.69) is 62.5 Å². The fourth-order valence-corrected chi connectivity index (χ4v) is 2.99. The van der Waals surface area contributed by atoms with Crippen LogP contribution in [-0.4, -0.2) is 16.4 Å². The van der Waals surface area contributed by atoms with E-state index in [4.69, 9.17) is 0 Å². The number of nitrogens with one attached hydrogen (secondary N) is 1. The Balaban J connectivity index is 2.78. The minimum atomic E-state index is 0.0239. The van der Waals surface area contributed by atoms with Gasteiger partial charge in [0.1, 0.15) is 0 Å². The Kier molecular flexibility index (Phi) is 5.83. The third kappa shape index (κ3) is 4.79. The molecule has 3 heteroatoms. The molecule has 0 aromatic heterocycles. The second-order valence-corrected chi connectivity index (χ2v) is 7.19. The maximum absolute atomic E-state index is 12.2. The van der Waals surface area contributed by atoms with Crippen molar-refractivity contribution in [3.05, 3.63) is 35.4 Å². The van der Waals surface area contributed by atoms with Crippen molar-refractivity contribution in [2.45, 2.75) is 46.1 Å². The van der Waals surface area contributed by atoms with Gasteiger partial charge in [0.25, 0.3) is 5.91 Å². The number of carbonyl (C=O) groups excluding carboxylic acids is 1. The summed E-state index contributed by atoms with van der Waals surface area (Å²) in [4.78, 5) is 12.2. The third-order valence-electron chi connectivity index (χ3n) is 3.30. The van der Waals surface area contributed by atoms with E-state index in [0.717, 1.165) is 9.99 Å². The topological polar surface area (TPSA) is 29.1 Å². The summed E-state index contributed by atoms with van der Waals surface area (Å²) in [5.74, 6) is 0.477. The van der Waals surface area contributed by atoms with Crippen molar-refractivity contribution in [3.8, 4) is 0 Å². The van der Waals surface area contributed by atoms with Gasteiger partial charge in [-0.2, -0.15) is 0 Å². The highest BCUT2D eigenvalue weighted by molar-refractivity contribution is 14.1. The van der Waals surface area contributed by atoms with E-state index >= 15 is 0 Å². The van der Waals surface area contributed by atoms with Crippen LogP contribution < -0.4 is 5.32 Å². The molecule has 0 aliphatic carbocycles. The lowest BCUT2D eigenvalue weighted by Gasteiger charge is -2.21. The Morgan fingerprint density at radius 2 is 1.74 bits per heavy atom. The Hall–Kier alpha value is -0.580. The summed E-state index contributed by atoms with van der Waals surface area (Å²) in [6.45, 7) is 10.8. The Bertz CT molecular complexity index is 417. The number of rotatable bonds is 4. The van der Waals surface area contributed by atoms with E-state index in [9.17, 15) is 4.79 Å². The summed E-state index contributed by atoms with van der Waals surface area (Å²) in [5, 5.41) is 3.09. The zero-order valence-corrected chi connectivity index (χ0v) is 14.6. The minimum absolute atomic E-state index is 0.0239. The first kappa shape index (κ1) is 16.5. The molecule has 1 aromatic carbocycles. The molecule has 1 aromatic rings. The molecular weight excluding hydrogens is 349 g/mol. The van der Waals surface area contributed by atoms with Crippen LogP contribution in [-0.2, 0) is 5.41 Å². The molecule has 0 fully saturated rings. The first-order valence-electron chi connectivity index (χ1n) is 6.73. The van der Waals surface area contributed by atoms with Crippen LogP contribution in [0.5, 0.6) is 0 Å². The molecule has 0 saturated carbocycles. The summed E-state index contributed by atoms with van der Waals surface area (Å²) in [5.41, 5.74) is 2.11. The molecule has 106 valence electrons. The van der Waals surface area contributed by atoms with Crippen molar-refractivity contribution in [1.29, 1.82) is 0 Å². The van der Waals surface area contributed by atoms with E-state index in [1.54, 1.807) is 0 Å². The second-order valence-electron chi connectivity index (χ2n) is 6.31. The van der Waals surface area contributed by atoms with Crippen LogP contribution >= 0.6 is 22.6 Å². The number of alkyl halides is 1. The zero-order chi connectivity index (χ0) is 14.6. The molecule has 0 aliphatic rings. The van der Waals surface area contributed by atoms with Crippen molar-refractivity contribution in [2.75, 3.05) is 4.43 Å². The van der Waals surface area contributed by atoms with Crippen LogP contribution in [0.25, 0.3) is 0 Å². The number of hydrogen-bond donors (Lipinski definition) is 1. The van der Waals surface area contributed by atoms with E-state index in [0.29, 0.717) is 5.92 Å². The Morgan fingerprint density at radius 1 is 1.21 bits per heavy atom. The van der Waals surface area contributed by atoms with Crippen molar-refractivity contribution >= 4 is 28.5 Å². The number of hydrogen-bond acceptors (Lipinski definition) is 1. The molecule has 0 bridgehead atoms. The van der Waals surface area contributed by atoms with Gasteiger partial charge in [-0.1, -0.05) is 69.3 Å². The van der Waals surface area contributed by atoms with E-state index in [-0.39, 0.29) is 17.4 Å². The highest BCUT2D eigenvalue weighted by Crippen LogP contribution is 2.22. The first-order chi connectivity index (χ1) is 8.75. The molecule has 1 amide bonds. The van der Waals surface area contributed by atoms with Crippen LogP contribution in [0.15, 0.2) is 24.3 Å². The summed E-state index contributed by atoms with van der Waals surface area (Å²) >= 11 is 2.32. The SMILES string of the molecule is CC(C)C(CI)NC(=O)c1ccc(C(C)(C)C)cc1. The smallest absolute Gasteiger partial charge is 0.251 e. The summed E-state index contributed by atoms with van der Waals surface area (Å²) in [6, 6.07) is 8.16. The molecule has 0 radical (unpaired) electrons. The van der Waals surface area contributed by atoms with Crippen LogP contribution in [0.1, 0.15) is 50.5 Å². The van der Waals surface area contributed by atoms with Gasteiger partial charge in [-0.3, -0.25) is 4.79 Å². The van der Waals surface area contributed by atoms with Gasteiger partial charge >= 0.3 is 0 Å². The van der Waals surface area contributed by atoms with Gasteiger partial charge in [-0.15, -0.1) is 0 Å². The predicted molar refractivity (Wildman–Crippen MR) is 90.1 cm³/mol. The summed E-state index contributed by atoms with van der Waals surface area (Å²) < 4.78 is 0.932. The molecule has 0 heterocycles. The van der Waals surface area contributed by atoms with Crippen LogP contribution in [0.2, 0.25) is 0 Å². The number of carbonyl (C=O) groups is 1. The largest absolute Gasteiger partial charge is 0.348 e. The molecular formula is C16H24INO. The molecule has 19 heavy (non-hydrogen) atoms. The van der Waals surface area contributed by atoms with Gasteiger partial charge in [0.05, 0.1) is 0 Å². The molecule has 1 unspecified atom stereocenters. The van der Waals surface area contributed by atoms with Crippen molar-refractivity contribution < 1.29 is 4.79 Å². The van der Waals surface area contributed by atoms with Gasteiger partial charge < -0.3 is 5.32 Å². The lowest BCUT2D eigenvalue weighted by molar-refractivity contribution is 0.0932. The number of amides is 1. The lowest BCUT2D eigenvalue weighted by atomic mass is 9.86. The highest BCUT2D eigenvalue weighted by Gasteiger charge is 2.17. The van der Waals surface area contributed by atoms with E-state index < -0.39 is 0 Å². The number of halogens is 1. The molecule has 1 rings (SSSR count). The molecule has 2 nitrogen and oxygen atoms in total. The highest BCUT2D eigenvalue weighted by atomic mass is 127. The maximum atomic E-state index is 12.2. The van der Waals surface area contributed by atoms with Gasteiger partial charge in [0.2, 0.25) is 0 Å². The average Bonchev–Trinajstić information content (AvgIpc) is 2.34. The summed E-state index contributed by atoms with van der Waals surface area (Å²) in [6.07, 6.45) is 0. The second kappa shape index (κ2) is 6.73. The molecule has 0 saturated heterocycles. The van der Waals surface area contributed by atoms with Crippen LogP contribution in [0.3, 0.4) is 0 Å². The van der Waals surface area contributed by atoms with Crippen LogP contribution in [0, 0.1) is 5.92 Å². The third-order valence-corrected chi connectivity index (χ3v) is 4.25. The van der Waals surface area contributed by atoms with Crippen molar-refractivity contribution in [1.82, 2.24) is 5.32 Å². The van der Waals surface area contributed by atoms with Gasteiger partial charge in [-0.05, 0) is 29.0 Å². The lowest BCUT2D eigenvalue weighted by Crippen LogP contribution is -2.39. The minimum Gasteiger partial charge on any atom is -0.348 e. The van der Waals surface area contributed by atoms with E-state index in [1.165, 1.54) is 5.56 Å². The monoisotopic (exact) mass is 373 g/mol. The fraction of sp³-hybridized carbons (Fsp3) is 0.562.